The van der Waals surface area contributed by atoms with Crippen LogP contribution in [0, 0.1) is 19.7 Å². The number of rotatable bonds is 8. The molecular formula is C25H22FN3O5S. The third-order valence-corrected chi connectivity index (χ3v) is 6.25. The van der Waals surface area contributed by atoms with Crippen LogP contribution in [0.4, 0.5) is 9.18 Å². The molecule has 0 bridgehead atoms. The summed E-state index contributed by atoms with van der Waals surface area (Å²) >= 11 is 0.740. The van der Waals surface area contributed by atoms with E-state index in [1.165, 1.54) is 18.2 Å². The number of thioether (sulfide) groups is 1. The van der Waals surface area contributed by atoms with Crippen molar-refractivity contribution in [1.29, 1.82) is 0 Å². The van der Waals surface area contributed by atoms with Gasteiger partial charge in [0.05, 0.1) is 16.2 Å². The lowest BCUT2D eigenvalue weighted by Crippen LogP contribution is -2.37. The van der Waals surface area contributed by atoms with E-state index in [1.54, 1.807) is 43.3 Å². The topological polar surface area (TPSA) is 102 Å². The van der Waals surface area contributed by atoms with E-state index < -0.39 is 17.0 Å². The number of aryl methyl sites for hydroxylation is 2. The van der Waals surface area contributed by atoms with E-state index >= 15 is 0 Å². The minimum absolute atomic E-state index is 0.00669. The zero-order valence-electron chi connectivity index (χ0n) is 19.0. The van der Waals surface area contributed by atoms with Gasteiger partial charge in [-0.2, -0.15) is 0 Å². The number of benzene rings is 2. The summed E-state index contributed by atoms with van der Waals surface area (Å²) < 4.78 is 24.8. The number of aromatic nitrogens is 1. The zero-order valence-corrected chi connectivity index (χ0v) is 19.9. The fraction of sp³-hybridized carbons (Fsp3) is 0.200. The van der Waals surface area contributed by atoms with Crippen molar-refractivity contribution in [2.45, 2.75) is 20.5 Å². The first-order valence-electron chi connectivity index (χ1n) is 10.8. The van der Waals surface area contributed by atoms with Gasteiger partial charge in [-0.1, -0.05) is 29.4 Å². The van der Waals surface area contributed by atoms with Gasteiger partial charge in [-0.25, -0.2) is 4.39 Å². The molecule has 10 heteroatoms. The van der Waals surface area contributed by atoms with Gasteiger partial charge >= 0.3 is 0 Å². The molecule has 0 saturated carbocycles. The van der Waals surface area contributed by atoms with Gasteiger partial charge in [0, 0.05) is 24.2 Å². The molecule has 1 saturated heterocycles. The Morgan fingerprint density at radius 1 is 1.20 bits per heavy atom. The van der Waals surface area contributed by atoms with Crippen LogP contribution in [0.5, 0.6) is 5.75 Å². The van der Waals surface area contributed by atoms with Gasteiger partial charge in [-0.15, -0.1) is 0 Å². The van der Waals surface area contributed by atoms with Crippen LogP contribution >= 0.6 is 11.8 Å². The van der Waals surface area contributed by atoms with Gasteiger partial charge < -0.3 is 14.6 Å². The molecule has 1 N–H and O–H groups in total. The van der Waals surface area contributed by atoms with E-state index in [9.17, 15) is 18.8 Å². The number of nitrogens with zero attached hydrogens (tertiary/aromatic N) is 2. The fourth-order valence-electron chi connectivity index (χ4n) is 3.40. The number of nitrogens with one attached hydrogen (secondary N) is 1. The predicted octanol–water partition coefficient (Wildman–Crippen LogP) is 4.48. The lowest BCUT2D eigenvalue weighted by atomic mass is 10.2. The van der Waals surface area contributed by atoms with Crippen LogP contribution in [-0.4, -0.2) is 40.2 Å². The van der Waals surface area contributed by atoms with Gasteiger partial charge in [-0.3, -0.25) is 19.3 Å². The Kier molecular flexibility index (Phi) is 7.31. The molecule has 3 amide bonds. The summed E-state index contributed by atoms with van der Waals surface area (Å²) in [6, 6.07) is 12.7. The van der Waals surface area contributed by atoms with Crippen LogP contribution in [0.2, 0.25) is 0 Å². The largest absolute Gasteiger partial charge is 0.489 e. The van der Waals surface area contributed by atoms with E-state index in [4.69, 9.17) is 9.26 Å². The van der Waals surface area contributed by atoms with Crippen LogP contribution in [-0.2, 0) is 11.4 Å². The van der Waals surface area contributed by atoms with Gasteiger partial charge in [-0.05, 0) is 56.0 Å². The molecule has 2 heterocycles. The highest BCUT2D eigenvalue weighted by Gasteiger charge is 2.34. The molecule has 1 aliphatic rings. The first-order valence-corrected chi connectivity index (χ1v) is 11.6. The summed E-state index contributed by atoms with van der Waals surface area (Å²) in [4.78, 5) is 38.6. The van der Waals surface area contributed by atoms with Crippen LogP contribution < -0.4 is 10.1 Å². The number of imide groups is 1. The fourth-order valence-corrected chi connectivity index (χ4v) is 4.26. The van der Waals surface area contributed by atoms with Crippen molar-refractivity contribution in [3.63, 3.8) is 0 Å². The first-order chi connectivity index (χ1) is 16.8. The summed E-state index contributed by atoms with van der Waals surface area (Å²) in [5.74, 6) is -0.201. The standard InChI is InChI=1S/C25H22FN3O5S/c1-15-20(16(2)34-28-15)14-33-19-8-5-7-18(12-19)23(30)27-10-11-29-24(31)22(35-25(29)32)13-17-6-3-4-9-21(17)26/h3-9,12-13H,10-11,14H2,1-2H3,(H,27,30). The summed E-state index contributed by atoms with van der Waals surface area (Å²) in [6.45, 7) is 3.94. The molecule has 35 heavy (non-hydrogen) atoms. The molecule has 0 aliphatic carbocycles. The Labute approximate surface area is 205 Å². The van der Waals surface area contributed by atoms with Gasteiger partial charge in [0.1, 0.15) is 23.9 Å². The van der Waals surface area contributed by atoms with Crippen molar-refractivity contribution in [3.05, 3.63) is 87.4 Å². The van der Waals surface area contributed by atoms with E-state index in [0.29, 0.717) is 17.1 Å². The van der Waals surface area contributed by atoms with E-state index in [-0.39, 0.29) is 36.1 Å². The minimum atomic E-state index is -0.521. The number of carbonyl (C=O) groups is 3. The average molecular weight is 496 g/mol. The highest BCUT2D eigenvalue weighted by atomic mass is 32.2. The number of halogens is 1. The molecular weight excluding hydrogens is 473 g/mol. The summed E-state index contributed by atoms with van der Waals surface area (Å²) in [5.41, 5.74) is 2.19. The van der Waals surface area contributed by atoms with E-state index in [0.717, 1.165) is 27.9 Å². The Balaban J connectivity index is 1.32. The molecule has 1 fully saturated rings. The average Bonchev–Trinajstić information content (AvgIpc) is 3.31. The Morgan fingerprint density at radius 2 is 2.00 bits per heavy atom. The molecule has 3 aromatic rings. The van der Waals surface area contributed by atoms with Crippen molar-refractivity contribution in [2.24, 2.45) is 0 Å². The third kappa shape index (κ3) is 5.60. The highest BCUT2D eigenvalue weighted by Crippen LogP contribution is 2.32. The second-order valence-electron chi connectivity index (χ2n) is 7.73. The highest BCUT2D eigenvalue weighted by molar-refractivity contribution is 8.18. The van der Waals surface area contributed by atoms with Gasteiger partial charge in [0.25, 0.3) is 17.1 Å². The van der Waals surface area contributed by atoms with Crippen LogP contribution in [0.3, 0.4) is 0 Å². The summed E-state index contributed by atoms with van der Waals surface area (Å²) in [6.07, 6.45) is 1.35. The molecule has 8 nitrogen and oxygen atoms in total. The quantitative estimate of drug-likeness (QED) is 0.460. The van der Waals surface area contributed by atoms with Crippen molar-refractivity contribution >= 4 is 34.9 Å². The summed E-state index contributed by atoms with van der Waals surface area (Å²) in [5, 5.41) is 6.12. The third-order valence-electron chi connectivity index (χ3n) is 5.35. The maximum absolute atomic E-state index is 13.9. The number of hydrogen-bond acceptors (Lipinski definition) is 7. The molecule has 1 aromatic heterocycles. The van der Waals surface area contributed by atoms with Crippen LogP contribution in [0.1, 0.15) is 32.9 Å². The first kappa shape index (κ1) is 24.2. The second-order valence-corrected chi connectivity index (χ2v) is 8.72. The normalized spacial score (nSPS) is 14.6. The Bertz CT molecular complexity index is 1300. The number of carbonyl (C=O) groups excluding carboxylic acids is 3. The molecule has 0 radical (unpaired) electrons. The lowest BCUT2D eigenvalue weighted by molar-refractivity contribution is -0.122. The Morgan fingerprint density at radius 3 is 2.74 bits per heavy atom. The maximum atomic E-state index is 13.9. The summed E-state index contributed by atoms with van der Waals surface area (Å²) in [7, 11) is 0. The zero-order chi connectivity index (χ0) is 24.9. The molecule has 2 aromatic carbocycles. The van der Waals surface area contributed by atoms with Gasteiger partial charge in [0.2, 0.25) is 0 Å². The van der Waals surface area contributed by atoms with Crippen molar-refractivity contribution < 1.29 is 28.0 Å². The van der Waals surface area contributed by atoms with E-state index in [2.05, 4.69) is 10.5 Å². The smallest absolute Gasteiger partial charge is 0.293 e. The molecule has 180 valence electrons. The van der Waals surface area contributed by atoms with Crippen LogP contribution in [0.15, 0.2) is 58.0 Å². The Hall–Kier alpha value is -3.92. The minimum Gasteiger partial charge on any atom is -0.489 e. The molecule has 1 aliphatic heterocycles. The van der Waals surface area contributed by atoms with Crippen LogP contribution in [0.25, 0.3) is 6.08 Å². The van der Waals surface area contributed by atoms with Gasteiger partial charge in [0.15, 0.2) is 0 Å². The molecule has 4 rings (SSSR count). The number of amides is 3. The van der Waals surface area contributed by atoms with Crippen molar-refractivity contribution in [2.75, 3.05) is 13.1 Å². The SMILES string of the molecule is Cc1noc(C)c1COc1cccc(C(=O)NCCN2C(=O)SC(=Cc3ccccc3F)C2=O)c1. The monoisotopic (exact) mass is 495 g/mol. The maximum Gasteiger partial charge on any atom is 0.293 e. The van der Waals surface area contributed by atoms with Crippen molar-refractivity contribution in [1.82, 2.24) is 15.4 Å². The predicted molar refractivity (Wildman–Crippen MR) is 128 cm³/mol. The lowest BCUT2D eigenvalue weighted by Gasteiger charge is -2.13. The molecule has 0 spiro atoms. The van der Waals surface area contributed by atoms with Crippen molar-refractivity contribution in [3.8, 4) is 5.75 Å². The number of ether oxygens (including phenoxy) is 1. The number of hydrogen-bond donors (Lipinski definition) is 1. The molecule has 0 unspecified atom stereocenters. The van der Waals surface area contributed by atoms with E-state index in [1.807, 2.05) is 6.92 Å². The molecule has 0 atom stereocenters. The second kappa shape index (κ2) is 10.6.